The second-order valence-electron chi connectivity index (χ2n) is 8.71. The number of amides is 2. The van der Waals surface area contributed by atoms with Gasteiger partial charge in [-0.05, 0) is 50.2 Å². The predicted octanol–water partition coefficient (Wildman–Crippen LogP) is 3.88. The summed E-state index contributed by atoms with van der Waals surface area (Å²) < 4.78 is 61.6. The molecular formula is C26H22F4N6O5. The van der Waals surface area contributed by atoms with E-state index < -0.39 is 48.9 Å². The van der Waals surface area contributed by atoms with Crippen LogP contribution in [0.3, 0.4) is 0 Å². The summed E-state index contributed by atoms with van der Waals surface area (Å²) in [7, 11) is 0. The fourth-order valence-corrected chi connectivity index (χ4v) is 3.80. The fraction of sp³-hybridized carbons (Fsp3) is 0.231. The van der Waals surface area contributed by atoms with E-state index in [0.29, 0.717) is 28.3 Å². The first kappa shape index (κ1) is 28.9. The standard InChI is InChI=1S/C26H22F4N6O5/c1-13-18(21-6-7-23-33-22(11-36(23)35-21)34-24(38)12-40-15(3)37)9-19(14(2)32-13)25(39)31-10-16-8-17(4-5-20(16)27)41-26(28,29)30/h4-9,11H,10,12H2,1-3H3,(H,31,39)(H,34,38). The van der Waals surface area contributed by atoms with Gasteiger partial charge in [0.25, 0.3) is 11.8 Å². The fourth-order valence-electron chi connectivity index (χ4n) is 3.80. The lowest BCUT2D eigenvalue weighted by atomic mass is 10.0. The molecule has 2 N–H and O–H groups in total. The maximum Gasteiger partial charge on any atom is 0.573 e. The number of alkyl halides is 3. The Labute approximate surface area is 229 Å². The number of halogens is 4. The SMILES string of the molecule is CC(=O)OCC(=O)Nc1cn2nc(-c3cc(C(=O)NCc4cc(OC(F)(F)F)ccc4F)c(C)nc3C)ccc2n1. The number of benzene rings is 1. The summed E-state index contributed by atoms with van der Waals surface area (Å²) in [6, 6.07) is 7.30. The van der Waals surface area contributed by atoms with Gasteiger partial charge in [0.05, 0.1) is 23.1 Å². The Morgan fingerprint density at radius 3 is 2.49 bits per heavy atom. The molecule has 15 heteroatoms. The van der Waals surface area contributed by atoms with Crippen molar-refractivity contribution in [3.8, 4) is 17.0 Å². The van der Waals surface area contributed by atoms with Crippen LogP contribution in [0, 0.1) is 19.7 Å². The average molecular weight is 574 g/mol. The van der Waals surface area contributed by atoms with Gasteiger partial charge in [0.1, 0.15) is 11.6 Å². The molecule has 0 saturated heterocycles. The third kappa shape index (κ3) is 7.32. The maximum atomic E-state index is 14.2. The number of anilines is 1. The van der Waals surface area contributed by atoms with Gasteiger partial charge in [-0.2, -0.15) is 5.10 Å². The summed E-state index contributed by atoms with van der Waals surface area (Å²) >= 11 is 0. The molecule has 0 spiro atoms. The Morgan fingerprint density at radius 2 is 1.78 bits per heavy atom. The average Bonchev–Trinajstić information content (AvgIpc) is 3.28. The number of hydrogen-bond donors (Lipinski definition) is 2. The molecule has 214 valence electrons. The zero-order valence-electron chi connectivity index (χ0n) is 21.8. The second kappa shape index (κ2) is 11.6. The molecule has 11 nitrogen and oxygen atoms in total. The summed E-state index contributed by atoms with van der Waals surface area (Å²) in [5, 5.41) is 9.45. The van der Waals surface area contributed by atoms with Gasteiger partial charge in [-0.1, -0.05) is 0 Å². The number of aromatic nitrogens is 4. The van der Waals surface area contributed by atoms with E-state index in [-0.39, 0.29) is 16.9 Å². The highest BCUT2D eigenvalue weighted by atomic mass is 19.4. The van der Waals surface area contributed by atoms with Crippen LogP contribution in [0.15, 0.2) is 42.6 Å². The Balaban J connectivity index is 1.53. The molecule has 0 bridgehead atoms. The van der Waals surface area contributed by atoms with E-state index in [1.165, 1.54) is 17.6 Å². The van der Waals surface area contributed by atoms with Crippen molar-refractivity contribution in [1.82, 2.24) is 24.9 Å². The molecule has 0 atom stereocenters. The summed E-state index contributed by atoms with van der Waals surface area (Å²) in [5.74, 6) is -3.10. The van der Waals surface area contributed by atoms with Crippen molar-refractivity contribution in [3.05, 3.63) is 70.9 Å². The van der Waals surface area contributed by atoms with Crippen molar-refractivity contribution in [2.75, 3.05) is 11.9 Å². The van der Waals surface area contributed by atoms with Crippen molar-refractivity contribution in [2.24, 2.45) is 0 Å². The second-order valence-corrected chi connectivity index (χ2v) is 8.71. The summed E-state index contributed by atoms with van der Waals surface area (Å²) in [6.45, 7) is 3.61. The quantitative estimate of drug-likeness (QED) is 0.239. The van der Waals surface area contributed by atoms with E-state index in [1.54, 1.807) is 32.0 Å². The number of imidazole rings is 1. The topological polar surface area (TPSA) is 137 Å². The van der Waals surface area contributed by atoms with Crippen molar-refractivity contribution in [2.45, 2.75) is 33.7 Å². The number of nitrogens with zero attached hydrogens (tertiary/aromatic N) is 4. The monoisotopic (exact) mass is 574 g/mol. The summed E-state index contributed by atoms with van der Waals surface area (Å²) in [4.78, 5) is 44.4. The van der Waals surface area contributed by atoms with Crippen LogP contribution in [-0.4, -0.2) is 50.3 Å². The highest BCUT2D eigenvalue weighted by Crippen LogP contribution is 2.26. The van der Waals surface area contributed by atoms with Gasteiger partial charge in [-0.25, -0.2) is 13.9 Å². The molecule has 4 aromatic rings. The van der Waals surface area contributed by atoms with Gasteiger partial charge in [0.15, 0.2) is 18.1 Å². The van der Waals surface area contributed by atoms with Crippen LogP contribution in [0.25, 0.3) is 16.9 Å². The van der Waals surface area contributed by atoms with Crippen LogP contribution in [0.5, 0.6) is 5.75 Å². The number of carbonyl (C=O) groups is 3. The van der Waals surface area contributed by atoms with Crippen molar-refractivity contribution < 1.29 is 41.4 Å². The van der Waals surface area contributed by atoms with Gasteiger partial charge < -0.3 is 20.1 Å². The number of fused-ring (bicyclic) bond motifs is 1. The van der Waals surface area contributed by atoms with Gasteiger partial charge in [0, 0.05) is 30.3 Å². The predicted molar refractivity (Wildman–Crippen MR) is 135 cm³/mol. The highest BCUT2D eigenvalue weighted by Gasteiger charge is 2.31. The third-order valence-electron chi connectivity index (χ3n) is 5.61. The Bertz CT molecular complexity index is 1650. The van der Waals surface area contributed by atoms with Gasteiger partial charge in [-0.15, -0.1) is 13.2 Å². The maximum absolute atomic E-state index is 14.2. The molecule has 4 rings (SSSR count). The number of aryl methyl sites for hydroxylation is 2. The Kier molecular flexibility index (Phi) is 8.16. The van der Waals surface area contributed by atoms with E-state index in [0.717, 1.165) is 18.2 Å². The molecule has 3 heterocycles. The summed E-state index contributed by atoms with van der Waals surface area (Å²) in [6.07, 6.45) is -3.51. The van der Waals surface area contributed by atoms with Crippen molar-refractivity contribution in [1.29, 1.82) is 0 Å². The van der Waals surface area contributed by atoms with Gasteiger partial charge in [-0.3, -0.25) is 19.4 Å². The number of hydrogen-bond acceptors (Lipinski definition) is 8. The van der Waals surface area contributed by atoms with Crippen LogP contribution in [0.1, 0.15) is 34.2 Å². The number of carbonyl (C=O) groups excluding carboxylic acids is 3. The van der Waals surface area contributed by atoms with Crippen LogP contribution in [0.2, 0.25) is 0 Å². The lowest BCUT2D eigenvalue weighted by molar-refractivity contribution is -0.274. The summed E-state index contributed by atoms with van der Waals surface area (Å²) in [5.41, 5.74) is 2.13. The van der Waals surface area contributed by atoms with Crippen LogP contribution < -0.4 is 15.4 Å². The minimum atomic E-state index is -4.95. The van der Waals surface area contributed by atoms with E-state index in [2.05, 4.69) is 35.2 Å². The molecule has 2 amide bonds. The molecule has 0 aliphatic carbocycles. The first-order chi connectivity index (χ1) is 19.3. The number of nitrogens with one attached hydrogen (secondary N) is 2. The molecular weight excluding hydrogens is 552 g/mol. The minimum Gasteiger partial charge on any atom is -0.456 e. The number of pyridine rings is 1. The van der Waals surface area contributed by atoms with E-state index in [1.807, 2.05) is 0 Å². The molecule has 0 aliphatic heterocycles. The molecule has 0 fully saturated rings. The molecule has 0 saturated carbocycles. The zero-order chi connectivity index (χ0) is 29.9. The molecule has 41 heavy (non-hydrogen) atoms. The lowest BCUT2D eigenvalue weighted by Crippen LogP contribution is -2.25. The van der Waals surface area contributed by atoms with Crippen LogP contribution in [0.4, 0.5) is 23.4 Å². The zero-order valence-corrected chi connectivity index (χ0v) is 21.8. The largest absolute Gasteiger partial charge is 0.573 e. The van der Waals surface area contributed by atoms with E-state index in [9.17, 15) is 31.9 Å². The molecule has 0 unspecified atom stereocenters. The molecule has 0 radical (unpaired) electrons. The molecule has 1 aromatic carbocycles. The van der Waals surface area contributed by atoms with Crippen LogP contribution >= 0.6 is 0 Å². The minimum absolute atomic E-state index is 0.139. The van der Waals surface area contributed by atoms with E-state index >= 15 is 0 Å². The third-order valence-corrected chi connectivity index (χ3v) is 5.61. The van der Waals surface area contributed by atoms with Crippen molar-refractivity contribution in [3.63, 3.8) is 0 Å². The lowest BCUT2D eigenvalue weighted by Gasteiger charge is -2.13. The highest BCUT2D eigenvalue weighted by molar-refractivity contribution is 5.96. The number of esters is 1. The normalized spacial score (nSPS) is 11.3. The molecule has 3 aromatic heterocycles. The van der Waals surface area contributed by atoms with Crippen molar-refractivity contribution >= 4 is 29.2 Å². The number of rotatable bonds is 8. The van der Waals surface area contributed by atoms with E-state index in [4.69, 9.17) is 0 Å². The Hall–Kier alpha value is -5.08. The first-order valence-corrected chi connectivity index (χ1v) is 11.9. The van der Waals surface area contributed by atoms with Gasteiger partial charge in [0.2, 0.25) is 0 Å². The van der Waals surface area contributed by atoms with Crippen LogP contribution in [-0.2, 0) is 20.9 Å². The van der Waals surface area contributed by atoms with Gasteiger partial charge >= 0.3 is 12.3 Å². The molecule has 0 aliphatic rings. The number of ether oxygens (including phenoxy) is 2. The Morgan fingerprint density at radius 1 is 1.02 bits per heavy atom. The smallest absolute Gasteiger partial charge is 0.456 e. The first-order valence-electron chi connectivity index (χ1n) is 11.9.